The number of nitrogens with one attached hydrogen (secondary N) is 1. The molecule has 2 heterocycles. The molecule has 0 bridgehead atoms. The van der Waals surface area contributed by atoms with E-state index in [0.717, 1.165) is 46.5 Å². The molecule has 5 N–H and O–H groups in total. The number of nitrogens with zero attached hydrogens (tertiary/aromatic N) is 2. The number of nitrogens with two attached hydrogens (primary N) is 1. The van der Waals surface area contributed by atoms with Crippen LogP contribution in [0.3, 0.4) is 0 Å². The average molecular weight is 1120 g/mol. The molecular formula is C40H50Cl5N4NaO13S4. The Morgan fingerprint density at radius 2 is 1.13 bits per heavy atom. The molecule has 0 saturated heterocycles. The molecule has 0 aliphatic carbocycles. The average Bonchev–Trinajstić information content (AvgIpc) is 3.21. The van der Waals surface area contributed by atoms with Gasteiger partial charge in [-0.3, -0.25) is 13.9 Å². The normalized spacial score (nSPS) is 16.0. The van der Waals surface area contributed by atoms with Gasteiger partial charge in [0.2, 0.25) is 10.0 Å². The number of benzene rings is 4. The van der Waals surface area contributed by atoms with E-state index < -0.39 is 45.1 Å². The van der Waals surface area contributed by atoms with Gasteiger partial charge in [0.15, 0.2) is 0 Å². The van der Waals surface area contributed by atoms with E-state index in [1.165, 1.54) is 12.1 Å². The molecule has 4 aromatic rings. The second-order valence-electron chi connectivity index (χ2n) is 14.7. The minimum atomic E-state index is -4.13. The Hall–Kier alpha value is -1.68. The zero-order chi connectivity index (χ0) is 48.9. The molecule has 4 aromatic carbocycles. The molecule has 2 unspecified atom stereocenters. The van der Waals surface area contributed by atoms with Gasteiger partial charge >= 0.3 is 29.6 Å². The van der Waals surface area contributed by atoms with Crippen LogP contribution >= 0.6 is 57.1 Å². The minimum Gasteiger partial charge on any atom is -0.662 e. The Balaban J connectivity index is 0.000000536. The Bertz CT molecular complexity index is 2740. The summed E-state index contributed by atoms with van der Waals surface area (Å²) in [5, 5.41) is 10.7. The van der Waals surface area contributed by atoms with Gasteiger partial charge in [-0.15, -0.1) is 0 Å². The fraction of sp³-hybridized carbons (Fsp3) is 0.375. The first-order valence-corrected chi connectivity index (χ1v) is 27.5. The predicted octanol–water partition coefficient (Wildman–Crippen LogP) is 2.92. The molecule has 2 atom stereocenters. The first-order valence-electron chi connectivity index (χ1n) is 19.0. The molecule has 2 aliphatic heterocycles. The van der Waals surface area contributed by atoms with Gasteiger partial charge < -0.3 is 25.7 Å². The predicted molar refractivity (Wildman–Crippen MR) is 255 cm³/mol. The van der Waals surface area contributed by atoms with Crippen molar-refractivity contribution < 1.29 is 87.3 Å². The Labute approximate surface area is 439 Å². The van der Waals surface area contributed by atoms with Crippen molar-refractivity contribution in [2.45, 2.75) is 55.0 Å². The molecule has 368 valence electrons. The van der Waals surface area contributed by atoms with Gasteiger partial charge in [-0.05, 0) is 115 Å². The quantitative estimate of drug-likeness (QED) is 0.0285. The van der Waals surface area contributed by atoms with E-state index in [1.807, 2.05) is 38.4 Å². The van der Waals surface area contributed by atoms with E-state index in [2.05, 4.69) is 19.4 Å². The maximum atomic E-state index is 12.6. The number of halogens is 5. The van der Waals surface area contributed by atoms with Gasteiger partial charge in [0.1, 0.15) is 0 Å². The first kappa shape index (κ1) is 63.3. The third-order valence-corrected chi connectivity index (χ3v) is 15.1. The number of rotatable bonds is 13. The third-order valence-electron chi connectivity index (χ3n) is 9.61. The van der Waals surface area contributed by atoms with Crippen LogP contribution in [0.5, 0.6) is 0 Å². The molecule has 0 radical (unpaired) electrons. The Morgan fingerprint density at radius 1 is 0.731 bits per heavy atom. The van der Waals surface area contributed by atoms with Crippen molar-refractivity contribution in [2.24, 2.45) is 5.73 Å². The second kappa shape index (κ2) is 28.4. The molecule has 0 aromatic heterocycles. The summed E-state index contributed by atoms with van der Waals surface area (Å²) in [7, 11) is -6.06. The van der Waals surface area contributed by atoms with Crippen molar-refractivity contribution in [3.8, 4) is 0 Å². The Kier molecular flexibility index (Phi) is 26.8. The van der Waals surface area contributed by atoms with E-state index in [1.54, 1.807) is 36.4 Å². The van der Waals surface area contributed by atoms with Crippen molar-refractivity contribution >= 4 is 103 Å². The van der Waals surface area contributed by atoms with Gasteiger partial charge in [-0.1, -0.05) is 78.1 Å². The number of likely N-dealkylation sites (N-methyl/N-ethyl adjacent to an activating group) is 2. The Morgan fingerprint density at radius 3 is 1.51 bits per heavy atom. The summed E-state index contributed by atoms with van der Waals surface area (Å²) in [4.78, 5) is 15.7. The number of hydrogen-bond acceptors (Lipinski definition) is 14. The van der Waals surface area contributed by atoms with Crippen LogP contribution in [-0.4, -0.2) is 111 Å². The van der Waals surface area contributed by atoms with Crippen LogP contribution in [0.2, 0.25) is 20.1 Å². The van der Waals surface area contributed by atoms with Crippen molar-refractivity contribution in [3.05, 3.63) is 126 Å². The van der Waals surface area contributed by atoms with Crippen LogP contribution in [0.1, 0.15) is 65.5 Å². The first-order chi connectivity index (χ1) is 30.2. The van der Waals surface area contributed by atoms with Crippen molar-refractivity contribution in [1.29, 1.82) is 0 Å². The molecular weight excluding hydrogens is 1070 g/mol. The molecule has 0 spiro atoms. The standard InChI is InChI=1S/C19H22Cl2N2O5S2.C16H14Cl3NO2S.C3H9NO3S.CH2O3.CH4.Na/c1-23-11-17(16-9-14(20)10-19(21)18(16)12-23)13-4-2-5-15(8-13)30(27,28)22-6-3-7-29(24,25)26;1-20-8-14(10-3-2-4-12(5-10)23(19,21)22)13-6-11(17)7-16(18)15(13)9-20;4-2-1-3-8(5,6)7;2-1-4-3;;/h2,4-5,8-10,17,22H,3,6-7,11-12H2,1H3,(H,24,25,26);2-7,14H,8-9H2,1H3;1-4H2,(H,5,6,7);1,3H;1H4;/q;;;;;+1/p-1. The number of fused-ring (bicyclic) bond motifs is 2. The summed E-state index contributed by atoms with van der Waals surface area (Å²) in [6.07, 6.45) is 0.286. The summed E-state index contributed by atoms with van der Waals surface area (Å²) in [6.45, 7) is 2.83. The van der Waals surface area contributed by atoms with Crippen LogP contribution in [0.25, 0.3) is 0 Å². The fourth-order valence-electron chi connectivity index (χ4n) is 6.85. The van der Waals surface area contributed by atoms with Crippen molar-refractivity contribution in [2.75, 3.05) is 51.8 Å². The van der Waals surface area contributed by atoms with E-state index >= 15 is 0 Å². The van der Waals surface area contributed by atoms with E-state index in [-0.39, 0.29) is 83.8 Å². The van der Waals surface area contributed by atoms with Crippen LogP contribution in [-0.2, 0) is 62.1 Å². The number of hydrogen-bond donors (Lipinski definition) is 4. The molecule has 0 saturated carbocycles. The molecule has 6 rings (SSSR count). The maximum Gasteiger partial charge on any atom is 1.00 e. The second-order valence-corrected chi connectivity index (χ2v) is 23.8. The van der Waals surface area contributed by atoms with Crippen molar-refractivity contribution in [1.82, 2.24) is 14.5 Å². The summed E-state index contributed by atoms with van der Waals surface area (Å²) >= 11 is 25.1. The number of carbonyl (C=O) groups is 1. The largest absolute Gasteiger partial charge is 1.00 e. The maximum absolute atomic E-state index is 12.6. The molecule has 67 heavy (non-hydrogen) atoms. The van der Waals surface area contributed by atoms with Crippen LogP contribution in [0.4, 0.5) is 0 Å². The van der Waals surface area contributed by atoms with Gasteiger partial charge in [0, 0.05) is 75.3 Å². The number of carbonyl (C=O) groups excluding carboxylic acids is 1. The zero-order valence-electron chi connectivity index (χ0n) is 35.6. The van der Waals surface area contributed by atoms with Gasteiger partial charge in [0.25, 0.3) is 35.8 Å². The number of sulfonamides is 1. The molecule has 17 nitrogen and oxygen atoms in total. The van der Waals surface area contributed by atoms with Crippen molar-refractivity contribution in [3.63, 3.8) is 0 Å². The summed E-state index contributed by atoms with van der Waals surface area (Å²) in [6, 6.07) is 20.5. The van der Waals surface area contributed by atoms with E-state index in [9.17, 15) is 33.7 Å². The van der Waals surface area contributed by atoms with Gasteiger partial charge in [0.05, 0.1) is 21.3 Å². The van der Waals surface area contributed by atoms with Gasteiger partial charge in [-0.2, -0.15) is 16.8 Å². The fourth-order valence-corrected chi connectivity index (χ4v) is 11.0. The van der Waals surface area contributed by atoms with E-state index in [0.29, 0.717) is 46.1 Å². The molecule has 0 amide bonds. The topological polar surface area (TPSA) is 271 Å². The van der Waals surface area contributed by atoms with Crippen LogP contribution in [0, 0.1) is 0 Å². The SMILES string of the molecule is C.CN1Cc2c(Cl)cc(Cl)cc2C(c2cccc(S(=O)(=O)Cl)c2)C1.CN1Cc2c(Cl)cc(Cl)cc2C(c2cccc(S(=O)(=O)NCCCS(=O)(=O)O)c2)C1.NCCCS(=O)(=O)O.O=CO[O-].[Na+]. The van der Waals surface area contributed by atoms with Gasteiger partial charge in [-0.25, -0.2) is 21.6 Å². The molecule has 27 heteroatoms. The van der Waals surface area contributed by atoms with Crippen LogP contribution in [0.15, 0.2) is 82.6 Å². The molecule has 2 aliphatic rings. The molecule has 0 fully saturated rings. The van der Waals surface area contributed by atoms with E-state index in [4.69, 9.17) is 82.0 Å². The smallest absolute Gasteiger partial charge is 0.662 e. The monoisotopic (exact) mass is 1120 g/mol. The summed E-state index contributed by atoms with van der Waals surface area (Å²) in [5.41, 5.74) is 10.6. The third kappa shape index (κ3) is 20.9. The summed E-state index contributed by atoms with van der Waals surface area (Å²) in [5.74, 6) is -0.867. The minimum absolute atomic E-state index is 0. The summed E-state index contributed by atoms with van der Waals surface area (Å²) < 4.78 is 109. The zero-order valence-corrected chi connectivity index (χ0v) is 44.7. The van der Waals surface area contributed by atoms with Crippen LogP contribution < -0.4 is 45.3 Å².